The van der Waals surface area contributed by atoms with Crippen molar-refractivity contribution in [1.82, 2.24) is 0 Å². The SMILES string of the molecule is NC(c1ccccc1C1CCC1)C1CCCCS1(=O)=O. The van der Waals surface area contributed by atoms with Gasteiger partial charge in [0.2, 0.25) is 0 Å². The van der Waals surface area contributed by atoms with Gasteiger partial charge in [-0.15, -0.1) is 0 Å². The summed E-state index contributed by atoms with van der Waals surface area (Å²) in [6.07, 6.45) is 6.17. The molecule has 2 unspecified atom stereocenters. The molecule has 0 radical (unpaired) electrons. The molecule has 2 atom stereocenters. The van der Waals surface area contributed by atoms with E-state index in [1.54, 1.807) is 0 Å². The predicted molar refractivity (Wildman–Crippen MR) is 81.4 cm³/mol. The topological polar surface area (TPSA) is 60.2 Å². The van der Waals surface area contributed by atoms with Crippen LogP contribution in [-0.4, -0.2) is 19.4 Å². The van der Waals surface area contributed by atoms with Gasteiger partial charge in [-0.3, -0.25) is 0 Å². The maximum atomic E-state index is 12.3. The molecule has 1 saturated carbocycles. The Kier molecular flexibility index (Phi) is 3.87. The van der Waals surface area contributed by atoms with Gasteiger partial charge in [0.15, 0.2) is 9.84 Å². The van der Waals surface area contributed by atoms with Gasteiger partial charge in [0.1, 0.15) is 0 Å². The Bertz CT molecular complexity index is 578. The molecule has 0 bridgehead atoms. The Hall–Kier alpha value is -0.870. The van der Waals surface area contributed by atoms with Gasteiger partial charge in [-0.25, -0.2) is 8.42 Å². The molecule has 3 rings (SSSR count). The third-order valence-electron chi connectivity index (χ3n) is 4.93. The second-order valence-electron chi connectivity index (χ2n) is 6.18. The molecule has 1 heterocycles. The molecule has 0 aromatic heterocycles. The van der Waals surface area contributed by atoms with E-state index in [-0.39, 0.29) is 6.04 Å². The Morgan fingerprint density at radius 3 is 2.45 bits per heavy atom. The lowest BCUT2D eigenvalue weighted by atomic mass is 9.77. The van der Waals surface area contributed by atoms with Gasteiger partial charge in [-0.05, 0) is 42.7 Å². The van der Waals surface area contributed by atoms with Gasteiger partial charge in [0, 0.05) is 6.04 Å². The standard InChI is InChI=1S/C16H23NO2S/c17-16(15-10-3-4-11-20(15,18)19)14-9-2-1-8-13(14)12-6-5-7-12/h1-2,8-9,12,15-16H,3-7,10-11,17H2. The summed E-state index contributed by atoms with van der Waals surface area (Å²) < 4.78 is 24.6. The van der Waals surface area contributed by atoms with E-state index in [2.05, 4.69) is 6.07 Å². The molecule has 1 aromatic rings. The third-order valence-corrected chi connectivity index (χ3v) is 7.24. The summed E-state index contributed by atoms with van der Waals surface area (Å²) in [6, 6.07) is 7.82. The molecule has 20 heavy (non-hydrogen) atoms. The van der Waals surface area contributed by atoms with Crippen LogP contribution >= 0.6 is 0 Å². The summed E-state index contributed by atoms with van der Waals surface area (Å²) in [7, 11) is -3.03. The van der Waals surface area contributed by atoms with Crippen molar-refractivity contribution in [3.05, 3.63) is 35.4 Å². The Balaban J connectivity index is 1.92. The van der Waals surface area contributed by atoms with E-state index in [1.165, 1.54) is 24.8 Å². The zero-order valence-corrected chi connectivity index (χ0v) is 12.6. The molecule has 2 fully saturated rings. The van der Waals surface area contributed by atoms with Crippen molar-refractivity contribution in [2.45, 2.75) is 55.7 Å². The second kappa shape index (κ2) is 5.49. The monoisotopic (exact) mass is 293 g/mol. The molecule has 1 saturated heterocycles. The molecule has 3 nitrogen and oxygen atoms in total. The minimum Gasteiger partial charge on any atom is -0.323 e. The van der Waals surface area contributed by atoms with Crippen molar-refractivity contribution in [3.8, 4) is 0 Å². The maximum absolute atomic E-state index is 12.3. The molecule has 2 aliphatic rings. The first-order chi connectivity index (χ1) is 9.59. The quantitative estimate of drug-likeness (QED) is 0.932. The van der Waals surface area contributed by atoms with E-state index < -0.39 is 15.1 Å². The van der Waals surface area contributed by atoms with E-state index in [1.807, 2.05) is 18.2 Å². The van der Waals surface area contributed by atoms with Gasteiger partial charge in [0.25, 0.3) is 0 Å². The van der Waals surface area contributed by atoms with Crippen molar-refractivity contribution >= 4 is 9.84 Å². The lowest BCUT2D eigenvalue weighted by Crippen LogP contribution is -2.38. The van der Waals surface area contributed by atoms with Crippen molar-refractivity contribution in [3.63, 3.8) is 0 Å². The van der Waals surface area contributed by atoms with Crippen LogP contribution in [0.4, 0.5) is 0 Å². The minimum atomic E-state index is -3.03. The highest BCUT2D eigenvalue weighted by Crippen LogP contribution is 2.41. The van der Waals surface area contributed by atoms with Gasteiger partial charge >= 0.3 is 0 Å². The lowest BCUT2D eigenvalue weighted by molar-refractivity contribution is 0.413. The average Bonchev–Trinajstić information content (AvgIpc) is 2.36. The Labute approximate surface area is 121 Å². The molecular formula is C16H23NO2S. The van der Waals surface area contributed by atoms with E-state index >= 15 is 0 Å². The molecule has 4 heteroatoms. The third kappa shape index (κ3) is 2.51. The first-order valence-corrected chi connectivity index (χ1v) is 9.37. The van der Waals surface area contributed by atoms with Gasteiger partial charge in [-0.1, -0.05) is 37.1 Å². The number of benzene rings is 1. The lowest BCUT2D eigenvalue weighted by Gasteiger charge is -2.33. The van der Waals surface area contributed by atoms with Crippen LogP contribution in [0, 0.1) is 0 Å². The predicted octanol–water partition coefficient (Wildman–Crippen LogP) is 2.92. The van der Waals surface area contributed by atoms with Gasteiger partial charge in [-0.2, -0.15) is 0 Å². The highest BCUT2D eigenvalue weighted by atomic mass is 32.2. The summed E-state index contributed by atoms with van der Waals surface area (Å²) in [4.78, 5) is 0. The molecule has 2 N–H and O–H groups in total. The summed E-state index contributed by atoms with van der Waals surface area (Å²) in [6.45, 7) is 0. The molecule has 0 spiro atoms. The summed E-state index contributed by atoms with van der Waals surface area (Å²) in [5, 5.41) is -0.391. The summed E-state index contributed by atoms with van der Waals surface area (Å²) in [5.74, 6) is 0.889. The smallest absolute Gasteiger partial charge is 0.155 e. The van der Waals surface area contributed by atoms with Crippen LogP contribution in [0.15, 0.2) is 24.3 Å². The van der Waals surface area contributed by atoms with Crippen molar-refractivity contribution in [2.24, 2.45) is 5.73 Å². The van der Waals surface area contributed by atoms with Crippen molar-refractivity contribution in [1.29, 1.82) is 0 Å². The van der Waals surface area contributed by atoms with Gasteiger partial charge < -0.3 is 5.73 Å². The van der Waals surface area contributed by atoms with Gasteiger partial charge in [0.05, 0.1) is 11.0 Å². The van der Waals surface area contributed by atoms with Crippen LogP contribution in [0.25, 0.3) is 0 Å². The van der Waals surface area contributed by atoms with Crippen LogP contribution in [-0.2, 0) is 9.84 Å². The van der Waals surface area contributed by atoms with Crippen molar-refractivity contribution in [2.75, 3.05) is 5.75 Å². The molecule has 1 aliphatic carbocycles. The molecular weight excluding hydrogens is 270 g/mol. The zero-order chi connectivity index (χ0) is 14.2. The normalized spacial score (nSPS) is 27.8. The van der Waals surface area contributed by atoms with E-state index in [9.17, 15) is 8.42 Å². The van der Waals surface area contributed by atoms with Crippen LogP contribution in [0.2, 0.25) is 0 Å². The number of rotatable bonds is 3. The number of hydrogen-bond donors (Lipinski definition) is 1. The highest BCUT2D eigenvalue weighted by Gasteiger charge is 2.36. The largest absolute Gasteiger partial charge is 0.323 e. The first kappa shape index (κ1) is 14.1. The van der Waals surface area contributed by atoms with E-state index in [4.69, 9.17) is 5.73 Å². The highest BCUT2D eigenvalue weighted by molar-refractivity contribution is 7.92. The maximum Gasteiger partial charge on any atom is 0.155 e. The fourth-order valence-electron chi connectivity index (χ4n) is 3.49. The molecule has 110 valence electrons. The van der Waals surface area contributed by atoms with Crippen LogP contribution in [0.1, 0.15) is 61.6 Å². The van der Waals surface area contributed by atoms with Crippen LogP contribution in [0.5, 0.6) is 0 Å². The Morgan fingerprint density at radius 2 is 1.80 bits per heavy atom. The number of sulfone groups is 1. The Morgan fingerprint density at radius 1 is 1.05 bits per heavy atom. The van der Waals surface area contributed by atoms with E-state index in [0.29, 0.717) is 18.1 Å². The fourth-order valence-corrected chi connectivity index (χ4v) is 5.52. The first-order valence-electron chi connectivity index (χ1n) is 7.65. The number of nitrogens with two attached hydrogens (primary N) is 1. The molecule has 1 aromatic carbocycles. The van der Waals surface area contributed by atoms with Crippen LogP contribution in [0.3, 0.4) is 0 Å². The average molecular weight is 293 g/mol. The summed E-state index contributed by atoms with van der Waals surface area (Å²) in [5.41, 5.74) is 8.73. The summed E-state index contributed by atoms with van der Waals surface area (Å²) >= 11 is 0. The minimum absolute atomic E-state index is 0.303. The zero-order valence-electron chi connectivity index (χ0n) is 11.8. The molecule has 0 amide bonds. The fraction of sp³-hybridized carbons (Fsp3) is 0.625. The number of hydrogen-bond acceptors (Lipinski definition) is 3. The second-order valence-corrected chi connectivity index (χ2v) is 8.52. The van der Waals surface area contributed by atoms with Crippen molar-refractivity contribution < 1.29 is 8.42 Å². The van der Waals surface area contributed by atoms with E-state index in [0.717, 1.165) is 18.4 Å². The molecule has 1 aliphatic heterocycles. The van der Waals surface area contributed by atoms with Crippen LogP contribution < -0.4 is 5.73 Å².